The summed E-state index contributed by atoms with van der Waals surface area (Å²) in [5.41, 5.74) is 1.41. The van der Waals surface area contributed by atoms with Gasteiger partial charge in [-0.3, -0.25) is 9.48 Å². The Morgan fingerprint density at radius 1 is 1.53 bits per heavy atom. The number of anilines is 1. The lowest BCUT2D eigenvalue weighted by Crippen LogP contribution is -2.24. The molecule has 0 aromatic carbocycles. The normalized spacial score (nSPS) is 25.3. The number of nitrogens with one attached hydrogen (secondary N) is 2. The van der Waals surface area contributed by atoms with Gasteiger partial charge in [0.25, 0.3) is 0 Å². The van der Waals surface area contributed by atoms with Gasteiger partial charge in [-0.05, 0) is 24.2 Å². The van der Waals surface area contributed by atoms with Gasteiger partial charge in [-0.15, -0.1) is 0 Å². The zero-order valence-corrected chi connectivity index (χ0v) is 12.2. The lowest BCUT2D eigenvalue weighted by molar-refractivity contribution is -0.121. The van der Waals surface area contributed by atoms with E-state index in [4.69, 9.17) is 0 Å². The molecule has 2 rings (SSSR count). The Morgan fingerprint density at radius 3 is 2.84 bits per heavy atom. The molecule has 0 radical (unpaired) electrons. The molecule has 2 N–H and O–H groups in total. The molecule has 106 valence electrons. The number of amides is 1. The summed E-state index contributed by atoms with van der Waals surface area (Å²) in [4.78, 5) is 11.3. The van der Waals surface area contributed by atoms with Crippen LogP contribution in [0.25, 0.3) is 0 Å². The van der Waals surface area contributed by atoms with Crippen molar-refractivity contribution in [3.63, 3.8) is 0 Å². The van der Waals surface area contributed by atoms with Crippen molar-refractivity contribution in [1.82, 2.24) is 15.1 Å². The number of carbonyl (C=O) groups excluding carboxylic acids is 1. The minimum atomic E-state index is -0.0370. The first-order chi connectivity index (χ1) is 8.89. The molecule has 1 aliphatic carbocycles. The third-order valence-electron chi connectivity index (χ3n) is 3.90. The van der Waals surface area contributed by atoms with Gasteiger partial charge < -0.3 is 10.6 Å². The quantitative estimate of drug-likeness (QED) is 0.872. The third kappa shape index (κ3) is 3.49. The summed E-state index contributed by atoms with van der Waals surface area (Å²) < 4.78 is 1.66. The summed E-state index contributed by atoms with van der Waals surface area (Å²) in [5, 5.41) is 10.3. The molecule has 0 spiro atoms. The van der Waals surface area contributed by atoms with Crippen LogP contribution in [-0.4, -0.2) is 28.8 Å². The van der Waals surface area contributed by atoms with Gasteiger partial charge in [0.05, 0.1) is 11.9 Å². The molecular weight excluding hydrogens is 240 g/mol. The highest BCUT2D eigenvalue weighted by Crippen LogP contribution is 2.41. The smallest absolute Gasteiger partial charge is 0.241 e. The van der Waals surface area contributed by atoms with E-state index in [2.05, 4.69) is 36.5 Å². The van der Waals surface area contributed by atoms with Crippen LogP contribution in [0.1, 0.15) is 33.6 Å². The van der Waals surface area contributed by atoms with E-state index in [1.807, 2.05) is 6.20 Å². The second-order valence-corrected chi connectivity index (χ2v) is 6.40. The number of rotatable bonds is 4. The summed E-state index contributed by atoms with van der Waals surface area (Å²) in [5.74, 6) is 0.627. The van der Waals surface area contributed by atoms with Crippen molar-refractivity contribution >= 4 is 11.6 Å². The van der Waals surface area contributed by atoms with Crippen LogP contribution in [-0.2, 0) is 11.3 Å². The highest BCUT2D eigenvalue weighted by atomic mass is 16.1. The Labute approximate surface area is 114 Å². The molecule has 0 bridgehead atoms. The Balaban J connectivity index is 1.95. The molecule has 1 aromatic heterocycles. The molecule has 1 aliphatic rings. The number of likely N-dealkylation sites (N-methyl/N-ethyl adjacent to an activating group) is 1. The lowest BCUT2D eigenvalue weighted by atomic mass is 9.91. The predicted molar refractivity (Wildman–Crippen MR) is 75.9 cm³/mol. The van der Waals surface area contributed by atoms with E-state index in [1.54, 1.807) is 17.9 Å². The first kappa shape index (κ1) is 13.9. The zero-order chi connectivity index (χ0) is 14.0. The van der Waals surface area contributed by atoms with Crippen LogP contribution < -0.4 is 10.6 Å². The molecule has 1 saturated carbocycles. The van der Waals surface area contributed by atoms with Crippen molar-refractivity contribution in [2.75, 3.05) is 12.4 Å². The lowest BCUT2D eigenvalue weighted by Gasteiger charge is -2.18. The topological polar surface area (TPSA) is 59.0 Å². The first-order valence-corrected chi connectivity index (χ1v) is 6.89. The van der Waals surface area contributed by atoms with Crippen LogP contribution in [0, 0.1) is 11.3 Å². The van der Waals surface area contributed by atoms with Crippen molar-refractivity contribution in [3.05, 3.63) is 12.4 Å². The van der Waals surface area contributed by atoms with E-state index in [0.717, 1.165) is 5.69 Å². The monoisotopic (exact) mass is 264 g/mol. The Kier molecular flexibility index (Phi) is 3.83. The first-order valence-electron chi connectivity index (χ1n) is 6.89. The summed E-state index contributed by atoms with van der Waals surface area (Å²) in [6.45, 7) is 7.20. The van der Waals surface area contributed by atoms with Crippen molar-refractivity contribution in [2.45, 2.75) is 46.2 Å². The van der Waals surface area contributed by atoms with Gasteiger partial charge in [0.15, 0.2) is 0 Å². The fraction of sp³-hybridized carbons (Fsp3) is 0.714. The van der Waals surface area contributed by atoms with Crippen LogP contribution in [0.3, 0.4) is 0 Å². The largest absolute Gasteiger partial charge is 0.379 e. The minimum absolute atomic E-state index is 0.0370. The van der Waals surface area contributed by atoms with Crippen LogP contribution in [0.5, 0.6) is 0 Å². The molecule has 1 fully saturated rings. The maximum atomic E-state index is 11.3. The van der Waals surface area contributed by atoms with E-state index in [9.17, 15) is 4.79 Å². The fourth-order valence-corrected chi connectivity index (χ4v) is 3.05. The highest BCUT2D eigenvalue weighted by molar-refractivity contribution is 5.75. The van der Waals surface area contributed by atoms with Gasteiger partial charge >= 0.3 is 0 Å². The van der Waals surface area contributed by atoms with Crippen LogP contribution in [0.2, 0.25) is 0 Å². The van der Waals surface area contributed by atoms with E-state index < -0.39 is 0 Å². The van der Waals surface area contributed by atoms with Crippen LogP contribution in [0.4, 0.5) is 5.69 Å². The number of carbonyl (C=O) groups is 1. The predicted octanol–water partition coefficient (Wildman–Crippen LogP) is 1.87. The molecule has 0 unspecified atom stereocenters. The SMILES string of the molecule is CNC(=O)Cn1cc(N[C@H]2CC(C)(C)C[C@H]2C)cn1. The highest BCUT2D eigenvalue weighted by Gasteiger charge is 2.36. The maximum Gasteiger partial charge on any atom is 0.241 e. The molecular formula is C14H24N4O. The average Bonchev–Trinajstić information content (AvgIpc) is 2.84. The number of nitrogens with zero attached hydrogens (tertiary/aromatic N) is 2. The summed E-state index contributed by atoms with van der Waals surface area (Å²) in [6, 6.07) is 0.493. The molecule has 5 heteroatoms. The van der Waals surface area contributed by atoms with E-state index in [-0.39, 0.29) is 12.5 Å². The number of aromatic nitrogens is 2. The van der Waals surface area contributed by atoms with Gasteiger partial charge in [0.2, 0.25) is 5.91 Å². The second kappa shape index (κ2) is 5.23. The summed E-state index contributed by atoms with van der Waals surface area (Å²) in [6.07, 6.45) is 6.11. The van der Waals surface area contributed by atoms with E-state index in [0.29, 0.717) is 17.4 Å². The average molecular weight is 264 g/mol. The van der Waals surface area contributed by atoms with Gasteiger partial charge in [-0.2, -0.15) is 5.10 Å². The van der Waals surface area contributed by atoms with Crippen molar-refractivity contribution in [3.8, 4) is 0 Å². The van der Waals surface area contributed by atoms with E-state index in [1.165, 1.54) is 12.8 Å². The number of hydrogen-bond acceptors (Lipinski definition) is 3. The molecule has 1 heterocycles. The van der Waals surface area contributed by atoms with Crippen molar-refractivity contribution in [1.29, 1.82) is 0 Å². The summed E-state index contributed by atoms with van der Waals surface area (Å²) in [7, 11) is 1.63. The van der Waals surface area contributed by atoms with Gasteiger partial charge in [0.1, 0.15) is 6.54 Å². The third-order valence-corrected chi connectivity index (χ3v) is 3.90. The van der Waals surface area contributed by atoms with Gasteiger partial charge in [-0.1, -0.05) is 20.8 Å². The molecule has 2 atom stereocenters. The van der Waals surface area contributed by atoms with Crippen LogP contribution in [0.15, 0.2) is 12.4 Å². The molecule has 5 nitrogen and oxygen atoms in total. The van der Waals surface area contributed by atoms with Crippen molar-refractivity contribution in [2.24, 2.45) is 11.3 Å². The van der Waals surface area contributed by atoms with Gasteiger partial charge in [-0.25, -0.2) is 0 Å². The Bertz CT molecular complexity index is 452. The molecule has 0 aliphatic heterocycles. The standard InChI is InChI=1S/C14H24N4O/c1-10-5-14(2,3)6-12(10)17-11-7-16-18(8-11)9-13(19)15-4/h7-8,10,12,17H,5-6,9H2,1-4H3,(H,15,19)/t10-,12+/m1/s1. The number of hydrogen-bond donors (Lipinski definition) is 2. The second-order valence-electron chi connectivity index (χ2n) is 6.40. The van der Waals surface area contributed by atoms with E-state index >= 15 is 0 Å². The molecule has 1 amide bonds. The maximum absolute atomic E-state index is 11.3. The van der Waals surface area contributed by atoms with Crippen LogP contribution >= 0.6 is 0 Å². The molecule has 1 aromatic rings. The van der Waals surface area contributed by atoms with Crippen molar-refractivity contribution < 1.29 is 4.79 Å². The fourth-order valence-electron chi connectivity index (χ4n) is 3.05. The molecule has 0 saturated heterocycles. The molecule has 19 heavy (non-hydrogen) atoms. The Hall–Kier alpha value is -1.52. The summed E-state index contributed by atoms with van der Waals surface area (Å²) >= 11 is 0. The zero-order valence-electron chi connectivity index (χ0n) is 12.2. The minimum Gasteiger partial charge on any atom is -0.379 e. The Morgan fingerprint density at radius 2 is 2.26 bits per heavy atom. The van der Waals surface area contributed by atoms with Gasteiger partial charge in [0, 0.05) is 19.3 Å².